The molecule has 0 spiro atoms. The number of aromatic nitrogens is 2. The molecule has 1 heterocycles. The van der Waals surface area contributed by atoms with Crippen molar-refractivity contribution in [3.8, 4) is 5.69 Å². The smallest absolute Gasteiger partial charge is 0.360 e. The van der Waals surface area contributed by atoms with Crippen LogP contribution >= 0.6 is 0 Å². The molecule has 0 fully saturated rings. The summed E-state index contributed by atoms with van der Waals surface area (Å²) in [5, 5.41) is 9.06. The summed E-state index contributed by atoms with van der Waals surface area (Å²) in [6.07, 6.45) is 1.32. The first-order valence-corrected chi connectivity index (χ1v) is 6.95. The van der Waals surface area contributed by atoms with E-state index in [9.17, 15) is 13.2 Å². The maximum absolute atomic E-state index is 11.5. The molecule has 20 heavy (non-hydrogen) atoms. The number of anilines is 1. The number of hydrogen-bond acceptors (Lipinski definition) is 6. The Morgan fingerprint density at radius 1 is 1.35 bits per heavy atom. The first-order chi connectivity index (χ1) is 9.34. The van der Waals surface area contributed by atoms with Gasteiger partial charge in [0.05, 0.1) is 24.7 Å². The van der Waals surface area contributed by atoms with Crippen molar-refractivity contribution in [1.29, 1.82) is 0 Å². The molecule has 0 aliphatic carbocycles. The Hall–Kier alpha value is -2.39. The second-order valence-corrected chi connectivity index (χ2v) is 5.41. The predicted molar refractivity (Wildman–Crippen MR) is 70.7 cm³/mol. The molecule has 1 aromatic heterocycles. The van der Waals surface area contributed by atoms with Gasteiger partial charge in [0.15, 0.2) is 5.69 Å². The molecule has 0 saturated heterocycles. The van der Waals surface area contributed by atoms with Crippen LogP contribution in [0.2, 0.25) is 0 Å². The van der Waals surface area contributed by atoms with Crippen LogP contribution in [0.4, 0.5) is 5.69 Å². The number of sulfonamides is 1. The van der Waals surface area contributed by atoms with E-state index in [1.165, 1.54) is 36.2 Å². The topological polar surface area (TPSA) is 130 Å². The van der Waals surface area contributed by atoms with Crippen LogP contribution in [0.3, 0.4) is 0 Å². The summed E-state index contributed by atoms with van der Waals surface area (Å²) in [6.45, 7) is 0. The van der Waals surface area contributed by atoms with Crippen LogP contribution < -0.4 is 10.9 Å². The van der Waals surface area contributed by atoms with E-state index in [4.69, 9.17) is 10.9 Å². The minimum absolute atomic E-state index is 0.0704. The molecule has 2 rings (SSSR count). The average molecular weight is 296 g/mol. The summed E-state index contributed by atoms with van der Waals surface area (Å²) in [7, 11) is -2.74. The number of nitrogens with two attached hydrogens (primary N) is 2. The Morgan fingerprint density at radius 3 is 2.60 bits per heavy atom. The van der Waals surface area contributed by atoms with Crippen LogP contribution in [0.25, 0.3) is 5.69 Å². The molecule has 9 heteroatoms. The van der Waals surface area contributed by atoms with Crippen LogP contribution in [0, 0.1) is 0 Å². The number of primary sulfonamides is 1. The lowest BCUT2D eigenvalue weighted by Gasteiger charge is -2.06. The van der Waals surface area contributed by atoms with Crippen LogP contribution in [-0.2, 0) is 14.8 Å². The van der Waals surface area contributed by atoms with Gasteiger partial charge < -0.3 is 10.5 Å². The first-order valence-electron chi connectivity index (χ1n) is 5.40. The molecule has 0 bridgehead atoms. The molecule has 106 valence electrons. The van der Waals surface area contributed by atoms with Crippen molar-refractivity contribution in [1.82, 2.24) is 9.78 Å². The number of hydrogen-bond donors (Lipinski definition) is 2. The van der Waals surface area contributed by atoms with Gasteiger partial charge in [-0.05, 0) is 12.1 Å². The quantitative estimate of drug-likeness (QED) is 0.760. The van der Waals surface area contributed by atoms with Crippen LogP contribution in [0.15, 0.2) is 35.4 Å². The standard InChI is InChI=1S/C11H12N4O4S/c1-19-11(16)10-7(12)6-15(14-10)8-4-2-3-5-9(8)20(13,17)18/h2-6H,12H2,1H3,(H2,13,17,18). The molecule has 2 aromatic rings. The van der Waals surface area contributed by atoms with E-state index < -0.39 is 16.0 Å². The Balaban J connectivity index is 2.62. The highest BCUT2D eigenvalue weighted by Crippen LogP contribution is 2.20. The van der Waals surface area contributed by atoms with Gasteiger partial charge in [0.2, 0.25) is 10.0 Å². The molecule has 8 nitrogen and oxygen atoms in total. The molecular formula is C11H12N4O4S. The normalized spacial score (nSPS) is 11.3. The van der Waals surface area contributed by atoms with Gasteiger partial charge in [-0.2, -0.15) is 5.10 Å². The molecular weight excluding hydrogens is 284 g/mol. The van der Waals surface area contributed by atoms with Gasteiger partial charge in [0, 0.05) is 0 Å². The zero-order chi connectivity index (χ0) is 14.9. The van der Waals surface area contributed by atoms with Gasteiger partial charge >= 0.3 is 5.97 Å². The van der Waals surface area contributed by atoms with Crippen molar-refractivity contribution in [2.24, 2.45) is 5.14 Å². The molecule has 0 amide bonds. The fourth-order valence-electron chi connectivity index (χ4n) is 1.65. The van der Waals surface area contributed by atoms with E-state index >= 15 is 0 Å². The minimum Gasteiger partial charge on any atom is -0.464 e. The minimum atomic E-state index is -3.93. The summed E-state index contributed by atoms with van der Waals surface area (Å²) in [4.78, 5) is 11.3. The number of para-hydroxylation sites is 1. The first kappa shape index (κ1) is 14.0. The second-order valence-electron chi connectivity index (χ2n) is 3.88. The van der Waals surface area contributed by atoms with E-state index in [1.807, 2.05) is 0 Å². The third-order valence-corrected chi connectivity index (χ3v) is 3.50. The van der Waals surface area contributed by atoms with Crippen molar-refractivity contribution in [3.63, 3.8) is 0 Å². The Morgan fingerprint density at radius 2 is 2.00 bits per heavy atom. The molecule has 0 atom stereocenters. The van der Waals surface area contributed by atoms with E-state index in [-0.39, 0.29) is 22.0 Å². The third-order valence-electron chi connectivity index (χ3n) is 2.54. The summed E-state index contributed by atoms with van der Waals surface area (Å²) in [5.74, 6) is -0.714. The highest BCUT2D eigenvalue weighted by Gasteiger charge is 2.19. The fourth-order valence-corrected chi connectivity index (χ4v) is 2.37. The molecule has 0 aliphatic rings. The van der Waals surface area contributed by atoms with Crippen LogP contribution in [-0.4, -0.2) is 31.3 Å². The number of methoxy groups -OCH3 is 1. The number of benzene rings is 1. The number of esters is 1. The number of carbonyl (C=O) groups excluding carboxylic acids is 1. The van der Waals surface area contributed by atoms with E-state index in [0.717, 1.165) is 0 Å². The molecule has 0 unspecified atom stereocenters. The van der Waals surface area contributed by atoms with Gasteiger partial charge in [-0.1, -0.05) is 12.1 Å². The summed E-state index contributed by atoms with van der Waals surface area (Å²) in [5.41, 5.74) is 5.81. The second kappa shape index (κ2) is 4.94. The Bertz CT molecular complexity index is 766. The molecule has 0 aliphatic heterocycles. The lowest BCUT2D eigenvalue weighted by Crippen LogP contribution is -2.15. The number of nitrogens with zero attached hydrogens (tertiary/aromatic N) is 2. The summed E-state index contributed by atoms with van der Waals surface area (Å²) >= 11 is 0. The molecule has 1 aromatic carbocycles. The van der Waals surface area contributed by atoms with Crippen molar-refractivity contribution in [2.75, 3.05) is 12.8 Å². The van der Waals surface area contributed by atoms with Gasteiger partial charge in [-0.25, -0.2) is 23.0 Å². The van der Waals surface area contributed by atoms with Gasteiger partial charge in [-0.3, -0.25) is 0 Å². The Labute approximate surface area is 115 Å². The van der Waals surface area contributed by atoms with E-state index in [2.05, 4.69) is 9.84 Å². The van der Waals surface area contributed by atoms with Gasteiger partial charge in [0.25, 0.3) is 0 Å². The summed E-state index contributed by atoms with van der Waals surface area (Å²) < 4.78 is 28.7. The highest BCUT2D eigenvalue weighted by atomic mass is 32.2. The molecule has 0 saturated carbocycles. The van der Waals surface area contributed by atoms with Crippen molar-refractivity contribution in [3.05, 3.63) is 36.2 Å². The lowest BCUT2D eigenvalue weighted by atomic mass is 10.3. The van der Waals surface area contributed by atoms with Crippen molar-refractivity contribution in [2.45, 2.75) is 4.90 Å². The monoisotopic (exact) mass is 296 g/mol. The van der Waals surface area contributed by atoms with Gasteiger partial charge in [-0.15, -0.1) is 0 Å². The lowest BCUT2D eigenvalue weighted by molar-refractivity contribution is 0.0594. The van der Waals surface area contributed by atoms with Crippen molar-refractivity contribution < 1.29 is 17.9 Å². The van der Waals surface area contributed by atoms with Crippen LogP contribution in [0.5, 0.6) is 0 Å². The van der Waals surface area contributed by atoms with E-state index in [0.29, 0.717) is 0 Å². The zero-order valence-electron chi connectivity index (χ0n) is 10.5. The van der Waals surface area contributed by atoms with E-state index in [1.54, 1.807) is 6.07 Å². The number of nitrogen functional groups attached to an aromatic ring is 1. The number of ether oxygens (including phenoxy) is 1. The predicted octanol–water partition coefficient (Wildman–Crippen LogP) is -0.111. The summed E-state index contributed by atoms with van der Waals surface area (Å²) in [6, 6.07) is 5.96. The average Bonchev–Trinajstić information content (AvgIpc) is 2.79. The number of rotatable bonds is 3. The SMILES string of the molecule is COC(=O)c1nn(-c2ccccc2S(N)(=O)=O)cc1N. The fraction of sp³-hybridized carbons (Fsp3) is 0.0909. The van der Waals surface area contributed by atoms with Crippen LogP contribution in [0.1, 0.15) is 10.5 Å². The van der Waals surface area contributed by atoms with Gasteiger partial charge in [0.1, 0.15) is 4.90 Å². The third kappa shape index (κ3) is 2.49. The largest absolute Gasteiger partial charge is 0.464 e. The molecule has 4 N–H and O–H groups in total. The zero-order valence-corrected chi connectivity index (χ0v) is 11.3. The Kier molecular flexibility index (Phi) is 3.47. The highest BCUT2D eigenvalue weighted by molar-refractivity contribution is 7.89. The molecule has 0 radical (unpaired) electrons. The number of carbonyl (C=O) groups is 1. The maximum atomic E-state index is 11.5. The van der Waals surface area contributed by atoms with Crippen molar-refractivity contribution >= 4 is 21.7 Å². The maximum Gasteiger partial charge on any atom is 0.360 e.